The molecule has 0 radical (unpaired) electrons. The van der Waals surface area contributed by atoms with E-state index in [1.165, 1.54) is 0 Å². The normalized spacial score (nSPS) is 29.0. The van der Waals surface area contributed by atoms with E-state index in [2.05, 4.69) is 25.2 Å². The molecule has 0 bridgehead atoms. The summed E-state index contributed by atoms with van der Waals surface area (Å²) in [6, 6.07) is 0. The Morgan fingerprint density at radius 1 is 1.38 bits per heavy atom. The van der Waals surface area contributed by atoms with Crippen molar-refractivity contribution in [3.8, 4) is 0 Å². The van der Waals surface area contributed by atoms with Gasteiger partial charge in [-0.05, 0) is 19.8 Å². The summed E-state index contributed by atoms with van der Waals surface area (Å²) >= 11 is 0. The average Bonchev–Trinajstić information content (AvgIpc) is 3.08. The van der Waals surface area contributed by atoms with Crippen molar-refractivity contribution in [1.29, 1.82) is 0 Å². The molecule has 8 nitrogen and oxygen atoms in total. The first kappa shape index (κ1) is 14.3. The van der Waals surface area contributed by atoms with Crippen molar-refractivity contribution in [2.75, 3.05) is 42.2 Å². The Hall–Kier alpha value is -1.67. The predicted molar refractivity (Wildman–Crippen MR) is 79.2 cm³/mol. The van der Waals surface area contributed by atoms with E-state index in [0.29, 0.717) is 31.5 Å². The Morgan fingerprint density at radius 2 is 2.14 bits per heavy atom. The number of hydrogen-bond donors (Lipinski definition) is 3. The summed E-state index contributed by atoms with van der Waals surface area (Å²) in [5.41, 5.74) is 4.86. The van der Waals surface area contributed by atoms with Crippen LogP contribution in [-0.4, -0.2) is 58.0 Å². The summed E-state index contributed by atoms with van der Waals surface area (Å²) in [6.07, 6.45) is 2.68. The molecule has 2 unspecified atom stereocenters. The monoisotopic (exact) mass is 294 g/mol. The van der Waals surface area contributed by atoms with E-state index in [9.17, 15) is 5.11 Å². The van der Waals surface area contributed by atoms with Gasteiger partial charge in [0.25, 0.3) is 0 Å². The van der Waals surface area contributed by atoms with Crippen LogP contribution in [0.1, 0.15) is 26.2 Å². The summed E-state index contributed by atoms with van der Waals surface area (Å²) in [4.78, 5) is 14.8. The molecule has 21 heavy (non-hydrogen) atoms. The second kappa shape index (κ2) is 5.61. The van der Waals surface area contributed by atoms with E-state index >= 15 is 0 Å². The third kappa shape index (κ3) is 3.01. The van der Waals surface area contributed by atoms with Crippen LogP contribution < -0.4 is 16.0 Å². The van der Waals surface area contributed by atoms with Crippen molar-refractivity contribution in [3.05, 3.63) is 0 Å². The van der Waals surface area contributed by atoms with Gasteiger partial charge in [0.1, 0.15) is 5.60 Å². The molecule has 2 aliphatic rings. The van der Waals surface area contributed by atoms with Gasteiger partial charge < -0.3 is 25.8 Å². The van der Waals surface area contributed by atoms with Gasteiger partial charge >= 0.3 is 0 Å². The summed E-state index contributed by atoms with van der Waals surface area (Å²) in [5.74, 6) is 1.19. The lowest BCUT2D eigenvalue weighted by Gasteiger charge is -2.26. The van der Waals surface area contributed by atoms with Crippen LogP contribution in [-0.2, 0) is 4.74 Å². The summed E-state index contributed by atoms with van der Waals surface area (Å²) in [5, 5.41) is 13.5. The third-order valence-corrected chi connectivity index (χ3v) is 4.24. The van der Waals surface area contributed by atoms with E-state index in [0.717, 1.165) is 25.9 Å². The Kier molecular flexibility index (Phi) is 3.81. The van der Waals surface area contributed by atoms with Crippen LogP contribution in [0.2, 0.25) is 0 Å². The van der Waals surface area contributed by atoms with Crippen molar-refractivity contribution >= 4 is 17.8 Å². The Labute approximate surface area is 123 Å². The zero-order chi connectivity index (χ0) is 14.9. The van der Waals surface area contributed by atoms with Gasteiger partial charge in [-0.25, -0.2) is 0 Å². The molecule has 8 heteroatoms. The van der Waals surface area contributed by atoms with Crippen LogP contribution in [0.15, 0.2) is 0 Å². The van der Waals surface area contributed by atoms with Gasteiger partial charge in [0.2, 0.25) is 17.8 Å². The van der Waals surface area contributed by atoms with Gasteiger partial charge in [-0.3, -0.25) is 0 Å². The van der Waals surface area contributed by atoms with Crippen molar-refractivity contribution in [3.63, 3.8) is 0 Å². The maximum atomic E-state index is 10.5. The summed E-state index contributed by atoms with van der Waals surface area (Å²) in [7, 11) is 0. The number of nitrogens with two attached hydrogens (primary N) is 1. The molecular weight excluding hydrogens is 272 g/mol. The first-order valence-corrected chi connectivity index (χ1v) is 7.41. The van der Waals surface area contributed by atoms with Gasteiger partial charge in [0.05, 0.1) is 6.10 Å². The fraction of sp³-hybridized carbons (Fsp3) is 0.769. The molecule has 3 heterocycles. The highest BCUT2D eigenvalue weighted by Gasteiger charge is 2.39. The van der Waals surface area contributed by atoms with Crippen LogP contribution in [0.4, 0.5) is 17.8 Å². The average molecular weight is 294 g/mol. The smallest absolute Gasteiger partial charge is 0.231 e. The minimum Gasteiger partial charge on any atom is -0.385 e. The number of nitrogen functional groups attached to an aromatic ring is 1. The number of ether oxygens (including phenoxy) is 1. The Morgan fingerprint density at radius 3 is 2.81 bits per heavy atom. The van der Waals surface area contributed by atoms with Crippen molar-refractivity contribution < 1.29 is 9.84 Å². The lowest BCUT2D eigenvalue weighted by molar-refractivity contribution is -0.0176. The van der Waals surface area contributed by atoms with Gasteiger partial charge in [-0.1, -0.05) is 0 Å². The van der Waals surface area contributed by atoms with Crippen molar-refractivity contribution in [2.45, 2.75) is 37.9 Å². The van der Waals surface area contributed by atoms with Crippen LogP contribution in [0.25, 0.3) is 0 Å². The number of nitrogens with zero attached hydrogens (tertiary/aromatic N) is 4. The van der Waals surface area contributed by atoms with Gasteiger partial charge in [0.15, 0.2) is 0 Å². The maximum absolute atomic E-state index is 10.5. The number of rotatable bonds is 4. The lowest BCUT2D eigenvalue weighted by atomic mass is 9.97. The molecular formula is C13H22N6O2. The molecule has 116 valence electrons. The predicted octanol–water partition coefficient (Wildman–Crippen LogP) is 0.00580. The van der Waals surface area contributed by atoms with E-state index in [1.54, 1.807) is 0 Å². The van der Waals surface area contributed by atoms with Crippen molar-refractivity contribution in [1.82, 2.24) is 15.0 Å². The number of aromatic nitrogens is 3. The molecule has 2 fully saturated rings. The Balaban J connectivity index is 1.70. The fourth-order valence-corrected chi connectivity index (χ4v) is 2.75. The lowest BCUT2D eigenvalue weighted by Crippen LogP contribution is -2.43. The number of aliphatic hydroxyl groups is 1. The molecule has 4 N–H and O–H groups in total. The van der Waals surface area contributed by atoms with E-state index in [4.69, 9.17) is 10.5 Å². The Bertz CT molecular complexity index is 507. The summed E-state index contributed by atoms with van der Waals surface area (Å²) in [6.45, 7) is 4.65. The zero-order valence-corrected chi connectivity index (χ0v) is 12.2. The second-order valence-corrected chi connectivity index (χ2v) is 5.73. The number of nitrogens with one attached hydrogen (secondary N) is 1. The summed E-state index contributed by atoms with van der Waals surface area (Å²) < 4.78 is 5.41. The molecule has 2 saturated heterocycles. The number of hydrogen-bond acceptors (Lipinski definition) is 8. The quantitative estimate of drug-likeness (QED) is 0.712. The topological polar surface area (TPSA) is 109 Å². The molecule has 1 aromatic heterocycles. The number of anilines is 3. The van der Waals surface area contributed by atoms with E-state index < -0.39 is 5.60 Å². The van der Waals surface area contributed by atoms with Crippen molar-refractivity contribution in [2.24, 2.45) is 0 Å². The van der Waals surface area contributed by atoms with Crippen LogP contribution in [0.3, 0.4) is 0 Å². The second-order valence-electron chi connectivity index (χ2n) is 5.73. The van der Waals surface area contributed by atoms with Gasteiger partial charge in [-0.2, -0.15) is 15.0 Å². The molecule has 2 aliphatic heterocycles. The third-order valence-electron chi connectivity index (χ3n) is 4.24. The highest BCUT2D eigenvalue weighted by molar-refractivity contribution is 5.42. The zero-order valence-electron chi connectivity index (χ0n) is 12.2. The van der Waals surface area contributed by atoms with Crippen LogP contribution in [0, 0.1) is 0 Å². The maximum Gasteiger partial charge on any atom is 0.231 e. The molecule has 3 rings (SSSR count). The largest absolute Gasteiger partial charge is 0.385 e. The minimum absolute atomic E-state index is 0.192. The highest BCUT2D eigenvalue weighted by Crippen LogP contribution is 2.26. The molecule has 0 spiro atoms. The van der Waals surface area contributed by atoms with Gasteiger partial charge in [-0.15, -0.1) is 0 Å². The molecule has 0 saturated carbocycles. The highest BCUT2D eigenvalue weighted by atomic mass is 16.5. The molecule has 0 aliphatic carbocycles. The van der Waals surface area contributed by atoms with E-state index in [1.807, 2.05) is 6.92 Å². The SMILES string of the molecule is CC1OCCC1(O)CNc1nc(N)nc(N2CCCC2)n1. The van der Waals surface area contributed by atoms with Crippen LogP contribution in [0.5, 0.6) is 0 Å². The first-order valence-electron chi connectivity index (χ1n) is 7.41. The fourth-order valence-electron chi connectivity index (χ4n) is 2.75. The minimum atomic E-state index is -0.894. The molecule has 0 aromatic carbocycles. The van der Waals surface area contributed by atoms with Crippen LogP contribution >= 0.6 is 0 Å². The molecule has 2 atom stereocenters. The molecule has 0 amide bonds. The standard InChI is InChI=1S/C13H22N6O2/c1-9-13(20,4-7-21-9)8-15-11-16-10(14)17-12(18-11)19-5-2-3-6-19/h9,20H,2-8H2,1H3,(H3,14,15,16,17,18). The first-order chi connectivity index (χ1) is 10.1. The van der Waals surface area contributed by atoms with E-state index in [-0.39, 0.29) is 12.1 Å². The molecule has 1 aromatic rings. The van der Waals surface area contributed by atoms with Gasteiger partial charge in [0, 0.05) is 32.7 Å².